The van der Waals surface area contributed by atoms with Crippen LogP contribution in [0.1, 0.15) is 40.0 Å². The van der Waals surface area contributed by atoms with E-state index in [9.17, 15) is 4.79 Å². The van der Waals surface area contributed by atoms with Crippen molar-refractivity contribution >= 4 is 5.97 Å². The quantitative estimate of drug-likeness (QED) is 0.656. The van der Waals surface area contributed by atoms with Crippen LogP contribution in [0.2, 0.25) is 0 Å². The number of hydrogen-bond donors (Lipinski definition) is 1. The van der Waals surface area contributed by atoms with E-state index in [-0.39, 0.29) is 0 Å². The van der Waals surface area contributed by atoms with Gasteiger partial charge in [0.1, 0.15) is 0 Å². The average Bonchev–Trinajstić information content (AvgIpc) is 2.13. The molecule has 1 N–H and O–H groups in total. The predicted octanol–water partition coefficient (Wildman–Crippen LogP) is 3.34. The number of rotatable bonds is 1. The molecule has 0 aromatic heterocycles. The molecule has 0 radical (unpaired) electrons. The van der Waals surface area contributed by atoms with Gasteiger partial charge in [-0.25, -0.2) is 4.79 Å². The highest BCUT2D eigenvalue weighted by Crippen LogP contribution is 2.32. The van der Waals surface area contributed by atoms with Gasteiger partial charge in [0.05, 0.1) is 0 Å². The smallest absolute Gasteiger partial charge is 0.327 e. The molecule has 0 spiro atoms. The number of carboxylic acid groups (broad SMARTS) is 1. The lowest BCUT2D eigenvalue weighted by Crippen LogP contribution is -2.18. The first-order chi connectivity index (χ1) is 6.47. The standard InChI is InChI=1S/C9H18.C3H4O2/c1-7-4-5-8(2)9(3)6-7;1-2-3(4)5/h7-9H,4-6H2,1-3H3;2H,1H2,(H,4,5). The predicted molar refractivity (Wildman–Crippen MR) is 59.2 cm³/mol. The Kier molecular flexibility index (Phi) is 6.26. The Morgan fingerprint density at radius 3 is 2.07 bits per heavy atom. The second kappa shape index (κ2) is 6.63. The lowest BCUT2D eigenvalue weighted by atomic mass is 9.77. The van der Waals surface area contributed by atoms with Crippen LogP contribution >= 0.6 is 0 Å². The van der Waals surface area contributed by atoms with Crippen LogP contribution in [0.25, 0.3) is 0 Å². The van der Waals surface area contributed by atoms with Gasteiger partial charge >= 0.3 is 5.97 Å². The van der Waals surface area contributed by atoms with Crippen LogP contribution in [0.4, 0.5) is 0 Å². The van der Waals surface area contributed by atoms with Gasteiger partial charge in [0.2, 0.25) is 0 Å². The van der Waals surface area contributed by atoms with Gasteiger partial charge in [-0.1, -0.05) is 40.2 Å². The molecule has 1 fully saturated rings. The fourth-order valence-corrected chi connectivity index (χ4v) is 1.82. The average molecular weight is 198 g/mol. The van der Waals surface area contributed by atoms with Crippen molar-refractivity contribution < 1.29 is 9.90 Å². The van der Waals surface area contributed by atoms with Crippen molar-refractivity contribution in [2.75, 3.05) is 0 Å². The minimum Gasteiger partial charge on any atom is -0.478 e. The molecule has 0 saturated heterocycles. The van der Waals surface area contributed by atoms with Gasteiger partial charge in [0, 0.05) is 6.08 Å². The van der Waals surface area contributed by atoms with E-state index in [0.29, 0.717) is 0 Å². The van der Waals surface area contributed by atoms with E-state index < -0.39 is 5.97 Å². The molecule has 1 saturated carbocycles. The zero-order chi connectivity index (χ0) is 11.1. The van der Waals surface area contributed by atoms with Crippen molar-refractivity contribution in [2.45, 2.75) is 40.0 Å². The second-order valence-corrected chi connectivity index (χ2v) is 4.42. The normalized spacial score (nSPS) is 31.2. The summed E-state index contributed by atoms with van der Waals surface area (Å²) in [6.45, 7) is 10.1. The Hall–Kier alpha value is -0.790. The van der Waals surface area contributed by atoms with Crippen LogP contribution < -0.4 is 0 Å². The fraction of sp³-hybridized carbons (Fsp3) is 0.750. The minimum atomic E-state index is -0.981. The molecule has 3 atom stereocenters. The van der Waals surface area contributed by atoms with Crippen LogP contribution in [0, 0.1) is 17.8 Å². The van der Waals surface area contributed by atoms with Crippen LogP contribution in [0.3, 0.4) is 0 Å². The van der Waals surface area contributed by atoms with Crippen LogP contribution in [0.15, 0.2) is 12.7 Å². The number of aliphatic carboxylic acids is 1. The SMILES string of the molecule is C=CC(=O)O.CC1CCC(C)C(C)C1. The Morgan fingerprint density at radius 2 is 1.79 bits per heavy atom. The summed E-state index contributed by atoms with van der Waals surface area (Å²) in [4.78, 5) is 9.25. The molecule has 0 aliphatic heterocycles. The van der Waals surface area contributed by atoms with Gasteiger partial charge in [0.15, 0.2) is 0 Å². The summed E-state index contributed by atoms with van der Waals surface area (Å²) in [6, 6.07) is 0. The Balaban J connectivity index is 0.000000292. The lowest BCUT2D eigenvalue weighted by molar-refractivity contribution is -0.131. The van der Waals surface area contributed by atoms with Crippen LogP contribution in [-0.2, 0) is 4.79 Å². The van der Waals surface area contributed by atoms with Gasteiger partial charge in [-0.2, -0.15) is 0 Å². The van der Waals surface area contributed by atoms with Gasteiger partial charge in [-0.05, 0) is 24.2 Å². The van der Waals surface area contributed by atoms with Gasteiger partial charge in [-0.15, -0.1) is 0 Å². The first-order valence-electron chi connectivity index (χ1n) is 5.32. The van der Waals surface area contributed by atoms with E-state index in [2.05, 4.69) is 27.4 Å². The zero-order valence-electron chi connectivity index (χ0n) is 9.49. The van der Waals surface area contributed by atoms with Crippen LogP contribution in [0.5, 0.6) is 0 Å². The molecule has 1 rings (SSSR count). The molecule has 2 nitrogen and oxygen atoms in total. The van der Waals surface area contributed by atoms with E-state index in [1.54, 1.807) is 0 Å². The summed E-state index contributed by atoms with van der Waals surface area (Å²) in [5.74, 6) is 1.98. The molecule has 3 unspecified atom stereocenters. The van der Waals surface area contributed by atoms with Crippen LogP contribution in [-0.4, -0.2) is 11.1 Å². The highest BCUT2D eigenvalue weighted by molar-refractivity contribution is 5.78. The molecule has 2 heteroatoms. The molecule has 0 amide bonds. The Labute approximate surface area is 87.0 Å². The summed E-state index contributed by atoms with van der Waals surface area (Å²) in [5, 5.41) is 7.60. The molecule has 82 valence electrons. The third-order valence-electron chi connectivity index (χ3n) is 3.03. The largest absolute Gasteiger partial charge is 0.478 e. The summed E-state index contributed by atoms with van der Waals surface area (Å²) in [5.41, 5.74) is 0. The molecule has 0 heterocycles. The monoisotopic (exact) mass is 198 g/mol. The maximum Gasteiger partial charge on any atom is 0.327 e. The maximum absolute atomic E-state index is 9.25. The molecule has 0 aromatic rings. The summed E-state index contributed by atoms with van der Waals surface area (Å²) >= 11 is 0. The summed E-state index contributed by atoms with van der Waals surface area (Å²) in [7, 11) is 0. The topological polar surface area (TPSA) is 37.3 Å². The second-order valence-electron chi connectivity index (χ2n) is 4.42. The van der Waals surface area contributed by atoms with Crippen molar-refractivity contribution in [2.24, 2.45) is 17.8 Å². The van der Waals surface area contributed by atoms with Gasteiger partial charge < -0.3 is 5.11 Å². The van der Waals surface area contributed by atoms with Crippen molar-refractivity contribution in [1.29, 1.82) is 0 Å². The molecule has 14 heavy (non-hydrogen) atoms. The first-order valence-corrected chi connectivity index (χ1v) is 5.32. The van der Waals surface area contributed by atoms with Crippen molar-refractivity contribution in [3.8, 4) is 0 Å². The molecule has 1 aliphatic rings. The van der Waals surface area contributed by atoms with Crippen molar-refractivity contribution in [3.05, 3.63) is 12.7 Å². The molecular weight excluding hydrogens is 176 g/mol. The maximum atomic E-state index is 9.25. The van der Waals surface area contributed by atoms with Crippen molar-refractivity contribution in [3.63, 3.8) is 0 Å². The molecular formula is C12H22O2. The minimum absolute atomic E-state index is 0.833. The lowest BCUT2D eigenvalue weighted by Gasteiger charge is -2.29. The van der Waals surface area contributed by atoms with Crippen molar-refractivity contribution in [1.82, 2.24) is 0 Å². The van der Waals surface area contributed by atoms with Gasteiger partial charge in [-0.3, -0.25) is 0 Å². The number of carbonyl (C=O) groups is 1. The zero-order valence-corrected chi connectivity index (χ0v) is 9.49. The fourth-order valence-electron chi connectivity index (χ4n) is 1.82. The summed E-state index contributed by atoms with van der Waals surface area (Å²) < 4.78 is 0. The first kappa shape index (κ1) is 13.2. The third kappa shape index (κ3) is 5.79. The van der Waals surface area contributed by atoms with E-state index in [1.807, 2.05) is 0 Å². The highest BCUT2D eigenvalue weighted by Gasteiger charge is 2.20. The molecule has 0 bridgehead atoms. The van der Waals surface area contributed by atoms with E-state index in [4.69, 9.17) is 5.11 Å². The molecule has 0 aromatic carbocycles. The Bertz CT molecular complexity index is 187. The van der Waals surface area contributed by atoms with E-state index in [0.717, 1.165) is 23.8 Å². The molecule has 1 aliphatic carbocycles. The van der Waals surface area contributed by atoms with E-state index in [1.165, 1.54) is 19.3 Å². The van der Waals surface area contributed by atoms with Gasteiger partial charge in [0.25, 0.3) is 0 Å². The number of hydrogen-bond acceptors (Lipinski definition) is 1. The highest BCUT2D eigenvalue weighted by atomic mass is 16.4. The number of carboxylic acids is 1. The Morgan fingerprint density at radius 1 is 1.29 bits per heavy atom. The third-order valence-corrected chi connectivity index (χ3v) is 3.03. The van der Waals surface area contributed by atoms with E-state index >= 15 is 0 Å². The summed E-state index contributed by atoms with van der Waals surface area (Å²) in [6.07, 6.45) is 5.22.